The molecule has 0 aromatic carbocycles. The van der Waals surface area contributed by atoms with Crippen LogP contribution in [0.3, 0.4) is 0 Å². The van der Waals surface area contributed by atoms with Gasteiger partial charge in [0, 0.05) is 18.3 Å². The minimum atomic E-state index is -1.17. The summed E-state index contributed by atoms with van der Waals surface area (Å²) in [5.41, 5.74) is 1.80. The fourth-order valence-corrected chi connectivity index (χ4v) is 1.05. The molecule has 0 bridgehead atoms. The first-order valence-electron chi connectivity index (χ1n) is 4.19. The lowest BCUT2D eigenvalue weighted by Crippen LogP contribution is -2.54. The number of nitrogens with zero attached hydrogens (tertiary/aromatic N) is 1. The van der Waals surface area contributed by atoms with Crippen LogP contribution in [-0.4, -0.2) is 21.6 Å². The van der Waals surface area contributed by atoms with Crippen LogP contribution in [0.25, 0.3) is 0 Å². The van der Waals surface area contributed by atoms with Crippen LogP contribution >= 0.6 is 0 Å². The van der Waals surface area contributed by atoms with Crippen molar-refractivity contribution in [3.63, 3.8) is 0 Å². The van der Waals surface area contributed by atoms with Crippen LogP contribution in [0.15, 0.2) is 24.4 Å². The van der Waals surface area contributed by atoms with E-state index in [1.165, 1.54) is 6.92 Å². The minimum absolute atomic E-state index is 0.250. The highest BCUT2D eigenvalue weighted by atomic mass is 16.4. The van der Waals surface area contributed by atoms with Gasteiger partial charge >= 0.3 is 5.97 Å². The van der Waals surface area contributed by atoms with Crippen LogP contribution < -0.4 is 11.3 Å². The smallest absolute Gasteiger partial charge is 0.325 e. The number of aromatic nitrogens is 1. The molecule has 0 aliphatic carbocycles. The topological polar surface area (TPSA) is 88.2 Å². The van der Waals surface area contributed by atoms with E-state index in [2.05, 4.69) is 10.4 Å². The predicted molar refractivity (Wildman–Crippen MR) is 51.3 cm³/mol. The SMILES string of the molecule is CC(Cc1ccccn1)(NN)C(=O)O. The molecule has 0 saturated carbocycles. The largest absolute Gasteiger partial charge is 0.480 e. The van der Waals surface area contributed by atoms with E-state index in [1.54, 1.807) is 24.4 Å². The first kappa shape index (κ1) is 10.6. The number of aliphatic carboxylic acids is 1. The first-order chi connectivity index (χ1) is 6.58. The Balaban J connectivity index is 2.81. The second-order valence-electron chi connectivity index (χ2n) is 3.28. The number of pyridine rings is 1. The number of hydrazine groups is 1. The van der Waals surface area contributed by atoms with E-state index in [1.807, 2.05) is 0 Å². The van der Waals surface area contributed by atoms with E-state index < -0.39 is 11.5 Å². The maximum Gasteiger partial charge on any atom is 0.325 e. The summed E-state index contributed by atoms with van der Waals surface area (Å²) in [6.45, 7) is 1.52. The van der Waals surface area contributed by atoms with E-state index in [4.69, 9.17) is 10.9 Å². The van der Waals surface area contributed by atoms with Gasteiger partial charge in [-0.3, -0.25) is 15.6 Å². The van der Waals surface area contributed by atoms with Gasteiger partial charge in [-0.15, -0.1) is 0 Å². The molecule has 5 heteroatoms. The van der Waals surface area contributed by atoms with Crippen molar-refractivity contribution in [2.75, 3.05) is 0 Å². The Kier molecular flexibility index (Phi) is 3.16. The van der Waals surface area contributed by atoms with E-state index >= 15 is 0 Å². The molecule has 1 unspecified atom stereocenters. The lowest BCUT2D eigenvalue weighted by atomic mass is 9.97. The molecule has 4 N–H and O–H groups in total. The molecule has 76 valence electrons. The summed E-state index contributed by atoms with van der Waals surface area (Å²) in [5.74, 6) is 4.20. The van der Waals surface area contributed by atoms with E-state index in [-0.39, 0.29) is 6.42 Å². The molecule has 0 fully saturated rings. The third kappa shape index (κ3) is 2.27. The second kappa shape index (κ2) is 4.17. The number of carboxylic acid groups (broad SMARTS) is 1. The van der Waals surface area contributed by atoms with Gasteiger partial charge in [0.05, 0.1) is 0 Å². The summed E-state index contributed by atoms with van der Waals surface area (Å²) < 4.78 is 0. The molecule has 14 heavy (non-hydrogen) atoms. The quantitative estimate of drug-likeness (QED) is 0.462. The fraction of sp³-hybridized carbons (Fsp3) is 0.333. The number of carboxylic acids is 1. The number of rotatable bonds is 4. The lowest BCUT2D eigenvalue weighted by molar-refractivity contribution is -0.144. The van der Waals surface area contributed by atoms with Gasteiger partial charge in [0.1, 0.15) is 5.54 Å². The van der Waals surface area contributed by atoms with Crippen molar-refractivity contribution < 1.29 is 9.90 Å². The van der Waals surface area contributed by atoms with Crippen molar-refractivity contribution in [1.82, 2.24) is 10.4 Å². The number of nitrogens with one attached hydrogen (secondary N) is 1. The van der Waals surface area contributed by atoms with Gasteiger partial charge in [0.2, 0.25) is 0 Å². The molecular formula is C9H13N3O2. The van der Waals surface area contributed by atoms with Crippen LogP contribution in [-0.2, 0) is 11.2 Å². The van der Waals surface area contributed by atoms with Gasteiger partial charge in [0.15, 0.2) is 0 Å². The normalized spacial score (nSPS) is 14.7. The highest BCUT2D eigenvalue weighted by molar-refractivity contribution is 5.78. The molecule has 1 atom stereocenters. The molecule has 1 rings (SSSR count). The van der Waals surface area contributed by atoms with Gasteiger partial charge in [-0.2, -0.15) is 0 Å². The average molecular weight is 195 g/mol. The van der Waals surface area contributed by atoms with Crippen molar-refractivity contribution in [2.24, 2.45) is 5.84 Å². The molecule has 0 saturated heterocycles. The zero-order chi connectivity index (χ0) is 10.6. The molecule has 0 amide bonds. The maximum absolute atomic E-state index is 10.9. The predicted octanol–water partition coefficient (Wildman–Crippen LogP) is -0.0693. The maximum atomic E-state index is 10.9. The monoisotopic (exact) mass is 195 g/mol. The molecule has 0 radical (unpaired) electrons. The number of hydrogen-bond donors (Lipinski definition) is 3. The third-order valence-corrected chi connectivity index (χ3v) is 2.05. The van der Waals surface area contributed by atoms with Gasteiger partial charge in [-0.25, -0.2) is 5.43 Å². The summed E-state index contributed by atoms with van der Waals surface area (Å²) >= 11 is 0. The molecule has 5 nitrogen and oxygen atoms in total. The standard InChI is InChI=1S/C9H13N3O2/c1-9(12-10,8(13)14)6-7-4-2-3-5-11-7/h2-5,12H,6,10H2,1H3,(H,13,14). The molecule has 1 aromatic rings. The Labute approximate surface area is 81.9 Å². The molecule has 1 aromatic heterocycles. The average Bonchev–Trinajstić information content (AvgIpc) is 2.19. The highest BCUT2D eigenvalue weighted by Crippen LogP contribution is 2.10. The van der Waals surface area contributed by atoms with Crippen molar-refractivity contribution in [3.8, 4) is 0 Å². The Hall–Kier alpha value is -1.46. The number of hydrogen-bond acceptors (Lipinski definition) is 4. The van der Waals surface area contributed by atoms with Crippen LogP contribution in [0, 0.1) is 0 Å². The summed E-state index contributed by atoms with van der Waals surface area (Å²) in [4.78, 5) is 14.9. The van der Waals surface area contributed by atoms with E-state index in [0.29, 0.717) is 5.69 Å². The van der Waals surface area contributed by atoms with Crippen LogP contribution in [0.2, 0.25) is 0 Å². The van der Waals surface area contributed by atoms with E-state index in [9.17, 15) is 4.79 Å². The third-order valence-electron chi connectivity index (χ3n) is 2.05. The van der Waals surface area contributed by atoms with Gasteiger partial charge < -0.3 is 5.11 Å². The lowest BCUT2D eigenvalue weighted by Gasteiger charge is -2.22. The Bertz CT molecular complexity index is 315. The summed E-state index contributed by atoms with van der Waals surface area (Å²) in [7, 11) is 0. The zero-order valence-electron chi connectivity index (χ0n) is 7.90. The second-order valence-corrected chi connectivity index (χ2v) is 3.28. The Morgan fingerprint density at radius 2 is 2.43 bits per heavy atom. The van der Waals surface area contributed by atoms with Crippen molar-refractivity contribution >= 4 is 5.97 Å². The van der Waals surface area contributed by atoms with Crippen LogP contribution in [0.5, 0.6) is 0 Å². The molecular weight excluding hydrogens is 182 g/mol. The fourth-order valence-electron chi connectivity index (χ4n) is 1.05. The zero-order valence-corrected chi connectivity index (χ0v) is 7.90. The van der Waals surface area contributed by atoms with Crippen molar-refractivity contribution in [2.45, 2.75) is 18.9 Å². The Morgan fingerprint density at radius 3 is 2.86 bits per heavy atom. The van der Waals surface area contributed by atoms with Gasteiger partial charge in [-0.1, -0.05) is 6.07 Å². The molecule has 0 spiro atoms. The van der Waals surface area contributed by atoms with Crippen LogP contribution in [0.4, 0.5) is 0 Å². The summed E-state index contributed by atoms with van der Waals surface area (Å²) in [5, 5.41) is 8.92. The first-order valence-corrected chi connectivity index (χ1v) is 4.19. The number of carbonyl (C=O) groups is 1. The highest BCUT2D eigenvalue weighted by Gasteiger charge is 2.32. The molecule has 1 heterocycles. The van der Waals surface area contributed by atoms with Crippen molar-refractivity contribution in [1.29, 1.82) is 0 Å². The summed E-state index contributed by atoms with van der Waals surface area (Å²) in [6.07, 6.45) is 1.87. The Morgan fingerprint density at radius 1 is 1.71 bits per heavy atom. The van der Waals surface area contributed by atoms with Crippen molar-refractivity contribution in [3.05, 3.63) is 30.1 Å². The van der Waals surface area contributed by atoms with Gasteiger partial charge in [-0.05, 0) is 19.1 Å². The molecule has 0 aliphatic heterocycles. The van der Waals surface area contributed by atoms with Gasteiger partial charge in [0.25, 0.3) is 0 Å². The van der Waals surface area contributed by atoms with E-state index in [0.717, 1.165) is 0 Å². The minimum Gasteiger partial charge on any atom is -0.480 e. The van der Waals surface area contributed by atoms with Crippen LogP contribution in [0.1, 0.15) is 12.6 Å². The summed E-state index contributed by atoms with van der Waals surface area (Å²) in [6, 6.07) is 5.34. The molecule has 0 aliphatic rings. The number of nitrogens with two attached hydrogens (primary N) is 1.